The number of aliphatic hydroxyl groups is 1. The van der Waals surface area contributed by atoms with Crippen molar-refractivity contribution in [3.63, 3.8) is 0 Å². The first-order valence-corrected chi connectivity index (χ1v) is 5.12. The van der Waals surface area contributed by atoms with Gasteiger partial charge in [0.2, 0.25) is 0 Å². The van der Waals surface area contributed by atoms with Crippen molar-refractivity contribution in [2.24, 2.45) is 0 Å². The van der Waals surface area contributed by atoms with Crippen molar-refractivity contribution in [1.82, 2.24) is 10.4 Å². The van der Waals surface area contributed by atoms with Crippen LogP contribution in [-0.2, 0) is 9.53 Å². The van der Waals surface area contributed by atoms with Crippen LogP contribution in [-0.4, -0.2) is 42.3 Å². The molecule has 0 bridgehead atoms. The third kappa shape index (κ3) is 2.60. The third-order valence-corrected chi connectivity index (χ3v) is 2.34. The molecule has 1 atom stereocenters. The molecule has 2 rings (SSSR count). The first kappa shape index (κ1) is 11.1. The van der Waals surface area contributed by atoms with E-state index in [4.69, 9.17) is 9.15 Å². The number of carbonyl (C=O) groups excluding carboxylic acids is 1. The summed E-state index contributed by atoms with van der Waals surface area (Å²) >= 11 is 0. The molecule has 1 fully saturated rings. The number of morpholine rings is 1. The average molecular weight is 226 g/mol. The SMILES string of the molecule is O=C(NN1CCOCC1)C(O)c1ccco1. The van der Waals surface area contributed by atoms with Crippen LogP contribution in [0.4, 0.5) is 0 Å². The number of nitrogens with one attached hydrogen (secondary N) is 1. The Labute approximate surface area is 92.8 Å². The molecule has 6 nitrogen and oxygen atoms in total. The van der Waals surface area contributed by atoms with Crippen molar-refractivity contribution >= 4 is 5.91 Å². The maximum atomic E-state index is 11.6. The summed E-state index contributed by atoms with van der Waals surface area (Å²) < 4.78 is 10.1. The van der Waals surface area contributed by atoms with Crippen molar-refractivity contribution in [2.45, 2.75) is 6.10 Å². The average Bonchev–Trinajstić information content (AvgIpc) is 2.83. The van der Waals surface area contributed by atoms with Gasteiger partial charge in [-0.05, 0) is 12.1 Å². The van der Waals surface area contributed by atoms with E-state index in [2.05, 4.69) is 5.43 Å². The smallest absolute Gasteiger partial charge is 0.271 e. The summed E-state index contributed by atoms with van der Waals surface area (Å²) in [5.41, 5.74) is 2.61. The second kappa shape index (κ2) is 5.11. The molecule has 0 radical (unpaired) electrons. The molecule has 1 unspecified atom stereocenters. The van der Waals surface area contributed by atoms with E-state index in [9.17, 15) is 9.90 Å². The zero-order valence-corrected chi connectivity index (χ0v) is 8.76. The van der Waals surface area contributed by atoms with E-state index in [1.54, 1.807) is 17.1 Å². The van der Waals surface area contributed by atoms with Gasteiger partial charge in [0.1, 0.15) is 5.76 Å². The summed E-state index contributed by atoms with van der Waals surface area (Å²) in [5, 5.41) is 11.4. The van der Waals surface area contributed by atoms with Gasteiger partial charge in [-0.25, -0.2) is 5.01 Å². The molecule has 0 aliphatic carbocycles. The largest absolute Gasteiger partial charge is 0.466 e. The van der Waals surface area contributed by atoms with Gasteiger partial charge in [-0.2, -0.15) is 0 Å². The lowest BCUT2D eigenvalue weighted by atomic mass is 10.2. The zero-order chi connectivity index (χ0) is 11.4. The van der Waals surface area contributed by atoms with Gasteiger partial charge < -0.3 is 14.3 Å². The molecule has 2 N–H and O–H groups in total. The molecular weight excluding hydrogens is 212 g/mol. The number of hydrogen-bond acceptors (Lipinski definition) is 5. The lowest BCUT2D eigenvalue weighted by Crippen LogP contribution is -2.49. The molecular formula is C10H14N2O4. The Morgan fingerprint density at radius 3 is 2.88 bits per heavy atom. The molecule has 88 valence electrons. The van der Waals surface area contributed by atoms with Crippen LogP contribution in [0.5, 0.6) is 0 Å². The van der Waals surface area contributed by atoms with Crippen LogP contribution in [0.2, 0.25) is 0 Å². The third-order valence-electron chi connectivity index (χ3n) is 2.34. The molecule has 1 aromatic heterocycles. The van der Waals surface area contributed by atoms with Crippen LogP contribution < -0.4 is 5.43 Å². The normalized spacial score (nSPS) is 19.3. The second-order valence-corrected chi connectivity index (χ2v) is 3.49. The predicted molar refractivity (Wildman–Crippen MR) is 54.2 cm³/mol. The van der Waals surface area contributed by atoms with Crippen LogP contribution in [0.3, 0.4) is 0 Å². The van der Waals surface area contributed by atoms with Gasteiger partial charge in [0.05, 0.1) is 19.5 Å². The zero-order valence-electron chi connectivity index (χ0n) is 8.76. The highest BCUT2D eigenvalue weighted by Crippen LogP contribution is 2.13. The number of furan rings is 1. The fourth-order valence-corrected chi connectivity index (χ4v) is 1.47. The molecule has 1 saturated heterocycles. The molecule has 1 aliphatic heterocycles. The number of carbonyl (C=O) groups is 1. The van der Waals surface area contributed by atoms with Gasteiger partial charge in [0.25, 0.3) is 5.91 Å². The molecule has 0 saturated carbocycles. The number of amides is 1. The number of aliphatic hydroxyl groups excluding tert-OH is 1. The van der Waals surface area contributed by atoms with Crippen LogP contribution in [0.15, 0.2) is 22.8 Å². The summed E-state index contributed by atoms with van der Waals surface area (Å²) in [6.07, 6.45) is 0.151. The van der Waals surface area contributed by atoms with Gasteiger partial charge in [0, 0.05) is 13.1 Å². The first-order valence-electron chi connectivity index (χ1n) is 5.12. The number of nitrogens with zero attached hydrogens (tertiary/aromatic N) is 1. The molecule has 1 aromatic rings. The van der Waals surface area contributed by atoms with E-state index in [1.807, 2.05) is 0 Å². The minimum Gasteiger partial charge on any atom is -0.466 e. The highest BCUT2D eigenvalue weighted by molar-refractivity contribution is 5.80. The highest BCUT2D eigenvalue weighted by Gasteiger charge is 2.22. The van der Waals surface area contributed by atoms with Crippen LogP contribution in [0.25, 0.3) is 0 Å². The first-order chi connectivity index (χ1) is 7.77. The predicted octanol–water partition coefficient (Wildman–Crippen LogP) is -0.324. The molecule has 6 heteroatoms. The van der Waals surface area contributed by atoms with Crippen LogP contribution >= 0.6 is 0 Å². The van der Waals surface area contributed by atoms with E-state index >= 15 is 0 Å². The maximum Gasteiger partial charge on any atom is 0.271 e. The number of hydrazine groups is 1. The van der Waals surface area contributed by atoms with E-state index in [1.165, 1.54) is 6.26 Å². The lowest BCUT2D eigenvalue weighted by Gasteiger charge is -2.27. The van der Waals surface area contributed by atoms with Gasteiger partial charge in [-0.1, -0.05) is 0 Å². The summed E-state index contributed by atoms with van der Waals surface area (Å²) in [6.45, 7) is 2.40. The van der Waals surface area contributed by atoms with E-state index < -0.39 is 12.0 Å². The molecule has 2 heterocycles. The van der Waals surface area contributed by atoms with E-state index in [0.29, 0.717) is 26.3 Å². The molecule has 0 aromatic carbocycles. The second-order valence-electron chi connectivity index (χ2n) is 3.49. The fourth-order valence-electron chi connectivity index (χ4n) is 1.47. The van der Waals surface area contributed by atoms with Gasteiger partial charge in [-0.15, -0.1) is 0 Å². The van der Waals surface area contributed by atoms with Crippen molar-refractivity contribution in [3.05, 3.63) is 24.2 Å². The Morgan fingerprint density at radius 1 is 1.50 bits per heavy atom. The molecule has 0 spiro atoms. The quantitative estimate of drug-likeness (QED) is 0.738. The number of ether oxygens (including phenoxy) is 1. The Hall–Kier alpha value is -1.37. The fraction of sp³-hybridized carbons (Fsp3) is 0.500. The molecule has 1 aliphatic rings. The van der Waals surface area contributed by atoms with Crippen LogP contribution in [0, 0.1) is 0 Å². The van der Waals surface area contributed by atoms with E-state index in [-0.39, 0.29) is 5.76 Å². The van der Waals surface area contributed by atoms with Gasteiger partial charge in [0.15, 0.2) is 6.10 Å². The van der Waals surface area contributed by atoms with Crippen molar-refractivity contribution < 1.29 is 19.1 Å². The van der Waals surface area contributed by atoms with Crippen molar-refractivity contribution in [1.29, 1.82) is 0 Å². The number of hydrogen-bond donors (Lipinski definition) is 2. The Balaban J connectivity index is 1.87. The minimum atomic E-state index is -1.27. The monoisotopic (exact) mass is 226 g/mol. The molecule has 1 amide bonds. The van der Waals surface area contributed by atoms with Gasteiger partial charge >= 0.3 is 0 Å². The standard InChI is InChI=1S/C10H14N2O4/c13-9(8-2-1-5-16-8)10(14)11-12-3-6-15-7-4-12/h1-2,5,9,13H,3-4,6-7H2,(H,11,14). The van der Waals surface area contributed by atoms with E-state index in [0.717, 1.165) is 0 Å². The summed E-state index contributed by atoms with van der Waals surface area (Å²) in [6, 6.07) is 3.18. The van der Waals surface area contributed by atoms with Gasteiger partial charge in [-0.3, -0.25) is 10.2 Å². The minimum absolute atomic E-state index is 0.241. The summed E-state index contributed by atoms with van der Waals surface area (Å²) in [5.74, 6) is -0.248. The molecule has 16 heavy (non-hydrogen) atoms. The summed E-state index contributed by atoms with van der Waals surface area (Å²) in [4.78, 5) is 11.6. The van der Waals surface area contributed by atoms with Crippen molar-refractivity contribution in [2.75, 3.05) is 26.3 Å². The lowest BCUT2D eigenvalue weighted by molar-refractivity contribution is -0.137. The van der Waals surface area contributed by atoms with Crippen LogP contribution in [0.1, 0.15) is 11.9 Å². The topological polar surface area (TPSA) is 74.9 Å². The number of rotatable bonds is 3. The summed E-state index contributed by atoms with van der Waals surface area (Å²) in [7, 11) is 0. The highest BCUT2D eigenvalue weighted by atomic mass is 16.5. The maximum absolute atomic E-state index is 11.6. The Morgan fingerprint density at radius 2 is 2.25 bits per heavy atom. The van der Waals surface area contributed by atoms with Crippen molar-refractivity contribution in [3.8, 4) is 0 Å². The Kier molecular flexibility index (Phi) is 3.55. The Bertz CT molecular complexity index is 333.